The summed E-state index contributed by atoms with van der Waals surface area (Å²) in [6.45, 7) is 2.62. The van der Waals surface area contributed by atoms with E-state index in [0.717, 1.165) is 45.3 Å². The number of hydrogen-bond donors (Lipinski definition) is 1. The van der Waals surface area contributed by atoms with E-state index in [0.29, 0.717) is 12.3 Å². The number of carbonyl (C=O) groups excluding carboxylic acids is 1. The third-order valence-electron chi connectivity index (χ3n) is 6.51. The summed E-state index contributed by atoms with van der Waals surface area (Å²) >= 11 is 1.66. The lowest BCUT2D eigenvalue weighted by Gasteiger charge is -2.16. The van der Waals surface area contributed by atoms with E-state index in [9.17, 15) is 4.79 Å². The molecule has 1 N–H and O–H groups in total. The fraction of sp³-hybridized carbons (Fsp3) is 0.152. The van der Waals surface area contributed by atoms with E-state index in [1.54, 1.807) is 11.8 Å². The number of imidazole rings is 1. The molecule has 0 radical (unpaired) electrons. The minimum Gasteiger partial charge on any atom is -0.355 e. The maximum Gasteiger partial charge on any atom is 0.227 e. The van der Waals surface area contributed by atoms with E-state index >= 15 is 0 Å². The summed E-state index contributed by atoms with van der Waals surface area (Å²) < 4.78 is 2.24. The Morgan fingerprint density at radius 2 is 1.34 bits per heavy atom. The zero-order valence-corrected chi connectivity index (χ0v) is 22.3. The molecular weight excluding hydrogens is 486 g/mol. The minimum absolute atomic E-state index is 0.0700. The normalized spacial score (nSPS) is 11.7. The van der Waals surface area contributed by atoms with Gasteiger partial charge in [0.05, 0.1) is 17.3 Å². The van der Waals surface area contributed by atoms with E-state index in [2.05, 4.69) is 77.5 Å². The topological polar surface area (TPSA) is 46.9 Å². The standard InChI is InChI=1S/C33H31N3OS/c1-2-29(25-15-7-3-8-16-25)32(37)34-23-24-38-33-35-30(26-17-9-4-10-18-26)31(27-19-11-5-12-20-27)36(33)28-21-13-6-14-22-28/h3-22,29H,2,23-24H2,1H3,(H,34,37). The molecule has 5 aromatic rings. The van der Waals surface area contributed by atoms with Crippen LogP contribution in [0.4, 0.5) is 0 Å². The van der Waals surface area contributed by atoms with Crippen molar-refractivity contribution < 1.29 is 4.79 Å². The Balaban J connectivity index is 1.43. The molecule has 0 aliphatic carbocycles. The Kier molecular flexibility index (Phi) is 8.36. The molecule has 1 heterocycles. The lowest BCUT2D eigenvalue weighted by molar-refractivity contribution is -0.122. The van der Waals surface area contributed by atoms with Gasteiger partial charge in [0.1, 0.15) is 0 Å². The van der Waals surface area contributed by atoms with Crippen LogP contribution >= 0.6 is 11.8 Å². The van der Waals surface area contributed by atoms with Gasteiger partial charge in [0.15, 0.2) is 5.16 Å². The molecule has 0 aliphatic rings. The summed E-state index contributed by atoms with van der Waals surface area (Å²) in [6.07, 6.45) is 0.766. The molecule has 0 saturated carbocycles. The van der Waals surface area contributed by atoms with E-state index < -0.39 is 0 Å². The maximum atomic E-state index is 13.0. The molecule has 5 rings (SSSR count). The van der Waals surface area contributed by atoms with Crippen LogP contribution in [0.1, 0.15) is 24.8 Å². The maximum absolute atomic E-state index is 13.0. The Morgan fingerprint density at radius 3 is 1.95 bits per heavy atom. The number of nitrogens with zero attached hydrogens (tertiary/aromatic N) is 2. The van der Waals surface area contributed by atoms with Crippen molar-refractivity contribution in [1.29, 1.82) is 0 Å². The predicted molar refractivity (Wildman–Crippen MR) is 158 cm³/mol. The van der Waals surface area contributed by atoms with Gasteiger partial charge in [-0.05, 0) is 24.1 Å². The molecular formula is C33H31N3OS. The number of thioether (sulfide) groups is 1. The first kappa shape index (κ1) is 25.6. The van der Waals surface area contributed by atoms with Gasteiger partial charge < -0.3 is 5.32 Å². The molecule has 1 atom stereocenters. The van der Waals surface area contributed by atoms with Crippen LogP contribution < -0.4 is 5.32 Å². The van der Waals surface area contributed by atoms with Crippen LogP contribution in [-0.4, -0.2) is 27.8 Å². The Hall–Kier alpha value is -4.09. The van der Waals surface area contributed by atoms with Crippen molar-refractivity contribution in [2.24, 2.45) is 0 Å². The van der Waals surface area contributed by atoms with Crippen LogP contribution in [0.15, 0.2) is 126 Å². The van der Waals surface area contributed by atoms with Gasteiger partial charge in [0.2, 0.25) is 5.91 Å². The predicted octanol–water partition coefficient (Wildman–Crippen LogP) is 7.61. The van der Waals surface area contributed by atoms with Crippen LogP contribution in [0.2, 0.25) is 0 Å². The highest BCUT2D eigenvalue weighted by Crippen LogP contribution is 2.38. The zero-order valence-electron chi connectivity index (χ0n) is 21.5. The van der Waals surface area contributed by atoms with Crippen molar-refractivity contribution in [2.75, 3.05) is 12.3 Å². The molecule has 0 fully saturated rings. The van der Waals surface area contributed by atoms with Crippen molar-refractivity contribution in [1.82, 2.24) is 14.9 Å². The van der Waals surface area contributed by atoms with E-state index in [1.165, 1.54) is 0 Å². The average molecular weight is 518 g/mol. The monoisotopic (exact) mass is 517 g/mol. The number of carbonyl (C=O) groups is 1. The second-order valence-electron chi connectivity index (χ2n) is 9.01. The highest BCUT2D eigenvalue weighted by Gasteiger charge is 2.22. The largest absolute Gasteiger partial charge is 0.355 e. The molecule has 0 bridgehead atoms. The van der Waals surface area contributed by atoms with Crippen LogP contribution in [0.25, 0.3) is 28.2 Å². The van der Waals surface area contributed by atoms with Crippen LogP contribution in [0, 0.1) is 0 Å². The summed E-state index contributed by atoms with van der Waals surface area (Å²) in [5.74, 6) is 0.644. The molecule has 0 spiro atoms. The molecule has 38 heavy (non-hydrogen) atoms. The minimum atomic E-state index is -0.137. The SMILES string of the molecule is CCC(C(=O)NCCSc1nc(-c2ccccc2)c(-c2ccccc2)n1-c1ccccc1)c1ccccc1. The van der Waals surface area contributed by atoms with Gasteiger partial charge >= 0.3 is 0 Å². The number of benzene rings is 4. The first-order valence-electron chi connectivity index (χ1n) is 13.0. The third kappa shape index (κ3) is 5.74. The van der Waals surface area contributed by atoms with Gasteiger partial charge in [-0.25, -0.2) is 4.98 Å². The summed E-state index contributed by atoms with van der Waals surface area (Å²) in [5, 5.41) is 4.05. The van der Waals surface area contributed by atoms with Crippen molar-refractivity contribution in [3.63, 3.8) is 0 Å². The van der Waals surface area contributed by atoms with Crippen LogP contribution in [0.3, 0.4) is 0 Å². The molecule has 1 unspecified atom stereocenters. The summed E-state index contributed by atoms with van der Waals surface area (Å²) in [6, 6.07) is 41.1. The van der Waals surface area contributed by atoms with Gasteiger partial charge in [-0.2, -0.15) is 0 Å². The van der Waals surface area contributed by atoms with Crippen molar-refractivity contribution in [3.05, 3.63) is 127 Å². The molecule has 4 nitrogen and oxygen atoms in total. The smallest absolute Gasteiger partial charge is 0.227 e. The molecule has 0 saturated heterocycles. The third-order valence-corrected chi connectivity index (χ3v) is 7.45. The molecule has 1 aromatic heterocycles. The zero-order chi connectivity index (χ0) is 26.2. The van der Waals surface area contributed by atoms with Crippen molar-refractivity contribution in [2.45, 2.75) is 24.4 Å². The first-order chi connectivity index (χ1) is 18.8. The molecule has 5 heteroatoms. The summed E-state index contributed by atoms with van der Waals surface area (Å²) in [4.78, 5) is 18.1. The van der Waals surface area contributed by atoms with Crippen LogP contribution in [-0.2, 0) is 4.79 Å². The Bertz CT molecular complexity index is 1450. The van der Waals surface area contributed by atoms with Gasteiger partial charge in [0.25, 0.3) is 0 Å². The molecule has 1 amide bonds. The van der Waals surface area contributed by atoms with Gasteiger partial charge in [0, 0.05) is 29.1 Å². The highest BCUT2D eigenvalue weighted by molar-refractivity contribution is 7.99. The molecule has 4 aromatic carbocycles. The fourth-order valence-corrected chi connectivity index (χ4v) is 5.54. The first-order valence-corrected chi connectivity index (χ1v) is 14.0. The second-order valence-corrected chi connectivity index (χ2v) is 10.1. The highest BCUT2D eigenvalue weighted by atomic mass is 32.2. The van der Waals surface area contributed by atoms with E-state index in [4.69, 9.17) is 4.98 Å². The van der Waals surface area contributed by atoms with Gasteiger partial charge in [-0.15, -0.1) is 0 Å². The summed E-state index contributed by atoms with van der Waals surface area (Å²) in [7, 11) is 0. The number of aromatic nitrogens is 2. The number of rotatable bonds is 10. The number of amides is 1. The Labute approximate surface area is 228 Å². The quantitative estimate of drug-likeness (QED) is 0.153. The van der Waals surface area contributed by atoms with E-state index in [1.807, 2.05) is 60.7 Å². The fourth-order valence-electron chi connectivity index (χ4n) is 4.67. The molecule has 190 valence electrons. The van der Waals surface area contributed by atoms with Crippen LogP contribution in [0.5, 0.6) is 0 Å². The second kappa shape index (κ2) is 12.4. The lowest BCUT2D eigenvalue weighted by Crippen LogP contribution is -2.31. The van der Waals surface area contributed by atoms with Crippen molar-refractivity contribution in [3.8, 4) is 28.2 Å². The van der Waals surface area contributed by atoms with E-state index in [-0.39, 0.29) is 11.8 Å². The number of nitrogens with one attached hydrogen (secondary N) is 1. The van der Waals surface area contributed by atoms with Gasteiger partial charge in [-0.3, -0.25) is 9.36 Å². The molecule has 0 aliphatic heterocycles. The Morgan fingerprint density at radius 1 is 0.789 bits per heavy atom. The number of para-hydroxylation sites is 1. The average Bonchev–Trinajstić information content (AvgIpc) is 3.37. The lowest BCUT2D eigenvalue weighted by atomic mass is 9.96. The number of hydrogen-bond acceptors (Lipinski definition) is 3. The summed E-state index contributed by atoms with van der Waals surface area (Å²) in [5.41, 5.74) is 6.30. The van der Waals surface area contributed by atoms with Gasteiger partial charge in [-0.1, -0.05) is 128 Å². The van der Waals surface area contributed by atoms with Crippen molar-refractivity contribution >= 4 is 17.7 Å².